The minimum atomic E-state index is -0.428. The molecule has 3 aromatic rings. The first-order valence-corrected chi connectivity index (χ1v) is 7.84. The largest absolute Gasteiger partial charge is 0.397 e. The van der Waals surface area contributed by atoms with E-state index in [1.165, 1.54) is 11.8 Å². The molecule has 0 N–H and O–H groups in total. The van der Waals surface area contributed by atoms with Crippen molar-refractivity contribution in [3.8, 4) is 11.3 Å². The van der Waals surface area contributed by atoms with E-state index in [1.54, 1.807) is 0 Å². The second kappa shape index (κ2) is 6.28. The van der Waals surface area contributed by atoms with Crippen molar-refractivity contribution in [1.82, 2.24) is 4.98 Å². The number of aromatic nitrogens is 1. The standard InChI is InChI=1S/C16H10BrNO2S/c17-13-14(11-7-3-1-4-8-11)18-16(20-15(13)19)21-12-9-5-2-6-10-12/h1-10H. The van der Waals surface area contributed by atoms with E-state index in [1.807, 2.05) is 60.7 Å². The Bertz CT molecular complexity index is 804. The molecule has 3 rings (SSSR count). The van der Waals surface area contributed by atoms with Gasteiger partial charge in [-0.25, -0.2) is 9.78 Å². The maximum atomic E-state index is 12.0. The Hall–Kier alpha value is -1.85. The molecule has 1 aromatic heterocycles. The summed E-state index contributed by atoms with van der Waals surface area (Å²) in [5.41, 5.74) is 1.03. The molecular formula is C16H10BrNO2S. The van der Waals surface area contributed by atoms with Crippen molar-refractivity contribution in [1.29, 1.82) is 0 Å². The van der Waals surface area contributed by atoms with Crippen molar-refractivity contribution in [2.24, 2.45) is 0 Å². The molecule has 2 aromatic carbocycles. The van der Waals surface area contributed by atoms with Crippen LogP contribution in [0.1, 0.15) is 0 Å². The average molecular weight is 360 g/mol. The van der Waals surface area contributed by atoms with Crippen molar-refractivity contribution < 1.29 is 4.42 Å². The second-order valence-corrected chi connectivity index (χ2v) is 6.03. The summed E-state index contributed by atoms with van der Waals surface area (Å²) in [5, 5.41) is 0.327. The topological polar surface area (TPSA) is 43.1 Å². The smallest absolute Gasteiger partial charge is 0.354 e. The molecule has 0 saturated carbocycles. The molecule has 0 atom stereocenters. The van der Waals surface area contributed by atoms with Gasteiger partial charge in [-0.1, -0.05) is 48.5 Å². The molecule has 1 heterocycles. The van der Waals surface area contributed by atoms with E-state index >= 15 is 0 Å². The van der Waals surface area contributed by atoms with E-state index < -0.39 is 5.63 Å². The lowest BCUT2D eigenvalue weighted by Crippen LogP contribution is -2.05. The van der Waals surface area contributed by atoms with E-state index in [9.17, 15) is 4.79 Å². The Morgan fingerprint density at radius 2 is 1.57 bits per heavy atom. The van der Waals surface area contributed by atoms with Crippen LogP contribution in [0, 0.1) is 0 Å². The van der Waals surface area contributed by atoms with Gasteiger partial charge in [-0.3, -0.25) is 0 Å². The van der Waals surface area contributed by atoms with Crippen LogP contribution in [0.3, 0.4) is 0 Å². The zero-order valence-electron chi connectivity index (χ0n) is 10.8. The summed E-state index contributed by atoms with van der Waals surface area (Å²) in [6.07, 6.45) is 0. The molecule has 3 nitrogen and oxygen atoms in total. The zero-order chi connectivity index (χ0) is 14.7. The van der Waals surface area contributed by atoms with Gasteiger partial charge in [0, 0.05) is 10.5 Å². The normalized spacial score (nSPS) is 10.5. The SMILES string of the molecule is O=c1oc(Sc2ccccc2)nc(-c2ccccc2)c1Br. The molecular weight excluding hydrogens is 350 g/mol. The third-order valence-corrected chi connectivity index (χ3v) is 4.32. The Labute approximate surface area is 134 Å². The number of nitrogens with zero attached hydrogens (tertiary/aromatic N) is 1. The predicted molar refractivity (Wildman–Crippen MR) is 86.5 cm³/mol. The average Bonchev–Trinajstić information content (AvgIpc) is 2.52. The van der Waals surface area contributed by atoms with E-state index in [-0.39, 0.29) is 0 Å². The Morgan fingerprint density at radius 3 is 2.24 bits per heavy atom. The lowest BCUT2D eigenvalue weighted by atomic mass is 10.1. The Balaban J connectivity index is 2.04. The highest BCUT2D eigenvalue weighted by Gasteiger charge is 2.13. The van der Waals surface area contributed by atoms with Gasteiger partial charge in [0.05, 0.1) is 5.69 Å². The highest BCUT2D eigenvalue weighted by Crippen LogP contribution is 2.29. The van der Waals surface area contributed by atoms with Crippen LogP contribution in [0.25, 0.3) is 11.3 Å². The maximum absolute atomic E-state index is 12.0. The van der Waals surface area contributed by atoms with Crippen molar-refractivity contribution in [2.75, 3.05) is 0 Å². The summed E-state index contributed by atoms with van der Waals surface area (Å²) in [6.45, 7) is 0. The monoisotopic (exact) mass is 359 g/mol. The maximum Gasteiger partial charge on any atom is 0.354 e. The van der Waals surface area contributed by atoms with Crippen LogP contribution in [-0.2, 0) is 0 Å². The van der Waals surface area contributed by atoms with Crippen LogP contribution in [0.5, 0.6) is 0 Å². The van der Waals surface area contributed by atoms with Crippen LogP contribution in [-0.4, -0.2) is 4.98 Å². The number of hydrogen-bond donors (Lipinski definition) is 0. The Morgan fingerprint density at radius 1 is 0.952 bits per heavy atom. The summed E-state index contributed by atoms with van der Waals surface area (Å²) in [4.78, 5) is 17.4. The number of hydrogen-bond acceptors (Lipinski definition) is 4. The summed E-state index contributed by atoms with van der Waals surface area (Å²) in [6, 6.07) is 19.2. The molecule has 0 radical (unpaired) electrons. The van der Waals surface area contributed by atoms with E-state index in [4.69, 9.17) is 4.42 Å². The zero-order valence-corrected chi connectivity index (χ0v) is 13.2. The molecule has 104 valence electrons. The van der Waals surface area contributed by atoms with Gasteiger partial charge in [0.1, 0.15) is 4.47 Å². The van der Waals surface area contributed by atoms with Crippen LogP contribution in [0.15, 0.2) is 84.5 Å². The van der Waals surface area contributed by atoms with Gasteiger partial charge < -0.3 is 4.42 Å². The van der Waals surface area contributed by atoms with Crippen molar-refractivity contribution in [2.45, 2.75) is 10.1 Å². The van der Waals surface area contributed by atoms with Crippen molar-refractivity contribution in [3.63, 3.8) is 0 Å². The summed E-state index contributed by atoms with van der Waals surface area (Å²) >= 11 is 4.58. The third-order valence-electron chi connectivity index (χ3n) is 2.77. The molecule has 0 aliphatic rings. The molecule has 0 amide bonds. The molecule has 0 aliphatic carbocycles. The molecule has 21 heavy (non-hydrogen) atoms. The fourth-order valence-electron chi connectivity index (χ4n) is 1.80. The van der Waals surface area contributed by atoms with E-state index in [0.717, 1.165) is 10.5 Å². The molecule has 0 unspecified atom stereocenters. The van der Waals surface area contributed by atoms with E-state index in [0.29, 0.717) is 15.4 Å². The molecule has 0 aliphatic heterocycles. The van der Waals surface area contributed by atoms with Gasteiger partial charge in [-0.15, -0.1) is 0 Å². The van der Waals surface area contributed by atoms with Crippen LogP contribution >= 0.6 is 27.7 Å². The van der Waals surface area contributed by atoms with E-state index in [2.05, 4.69) is 20.9 Å². The molecule has 0 fully saturated rings. The third kappa shape index (κ3) is 3.25. The first-order valence-electron chi connectivity index (χ1n) is 6.23. The first-order chi connectivity index (χ1) is 10.2. The minimum absolute atomic E-state index is 0.327. The number of rotatable bonds is 3. The molecule has 5 heteroatoms. The summed E-state index contributed by atoms with van der Waals surface area (Å²) in [7, 11) is 0. The van der Waals surface area contributed by atoms with Crippen LogP contribution in [0.4, 0.5) is 0 Å². The summed E-state index contributed by atoms with van der Waals surface area (Å²) in [5.74, 6) is 0. The van der Waals surface area contributed by atoms with Crippen LogP contribution < -0.4 is 5.63 Å². The van der Waals surface area contributed by atoms with Crippen LogP contribution in [0.2, 0.25) is 0 Å². The minimum Gasteiger partial charge on any atom is -0.397 e. The van der Waals surface area contributed by atoms with Gasteiger partial charge in [0.15, 0.2) is 0 Å². The lowest BCUT2D eigenvalue weighted by Gasteiger charge is -2.05. The highest BCUT2D eigenvalue weighted by atomic mass is 79.9. The van der Waals surface area contributed by atoms with Gasteiger partial charge in [0.25, 0.3) is 5.22 Å². The van der Waals surface area contributed by atoms with Gasteiger partial charge in [0.2, 0.25) is 0 Å². The highest BCUT2D eigenvalue weighted by molar-refractivity contribution is 9.10. The lowest BCUT2D eigenvalue weighted by molar-refractivity contribution is 0.389. The number of benzene rings is 2. The Kier molecular flexibility index (Phi) is 4.22. The fraction of sp³-hybridized carbons (Fsp3) is 0. The van der Waals surface area contributed by atoms with Gasteiger partial charge >= 0.3 is 5.63 Å². The second-order valence-electron chi connectivity index (χ2n) is 4.21. The quantitative estimate of drug-likeness (QED) is 0.684. The fourth-order valence-corrected chi connectivity index (χ4v) is 2.95. The number of halogens is 1. The predicted octanol–water partition coefficient (Wildman–Crippen LogP) is 4.62. The molecule has 0 spiro atoms. The van der Waals surface area contributed by atoms with Crippen molar-refractivity contribution >= 4 is 27.7 Å². The first kappa shape index (κ1) is 14.1. The summed E-state index contributed by atoms with van der Waals surface area (Å²) < 4.78 is 5.56. The molecule has 0 saturated heterocycles. The van der Waals surface area contributed by atoms with Crippen molar-refractivity contribution in [3.05, 3.63) is 75.6 Å². The molecule has 0 bridgehead atoms. The van der Waals surface area contributed by atoms with Gasteiger partial charge in [-0.05, 0) is 39.8 Å². The van der Waals surface area contributed by atoms with Gasteiger partial charge in [-0.2, -0.15) is 0 Å².